The second-order valence-corrected chi connectivity index (χ2v) is 17.2. The number of nitrogens with zero attached hydrogens (tertiary/aromatic N) is 4. The molecule has 352 valence electrons. The van der Waals surface area contributed by atoms with E-state index in [1.807, 2.05) is 47.6 Å². The summed E-state index contributed by atoms with van der Waals surface area (Å²) in [5, 5.41) is 24.0. The van der Waals surface area contributed by atoms with Crippen LogP contribution in [0, 0.1) is 25.7 Å². The number of halogens is 4. The van der Waals surface area contributed by atoms with Crippen molar-refractivity contribution in [2.24, 2.45) is 28.9 Å². The van der Waals surface area contributed by atoms with Crippen LogP contribution in [0.15, 0.2) is 80.2 Å². The van der Waals surface area contributed by atoms with Crippen molar-refractivity contribution in [2.45, 2.75) is 92.6 Å². The van der Waals surface area contributed by atoms with Crippen LogP contribution < -0.4 is 21.9 Å². The summed E-state index contributed by atoms with van der Waals surface area (Å²) in [6.07, 6.45) is -5.30. The molecule has 0 radical (unpaired) electrons. The molecule has 0 bridgehead atoms. The topological polar surface area (TPSA) is 228 Å². The fraction of sp³-hybridized carbons (Fsp3) is 0.370. The highest BCUT2D eigenvalue weighted by atomic mass is 35.5. The molecule has 3 aromatic carbocycles. The van der Waals surface area contributed by atoms with Crippen LogP contribution in [0.2, 0.25) is 5.02 Å². The van der Waals surface area contributed by atoms with E-state index in [2.05, 4.69) is 20.6 Å². The lowest BCUT2D eigenvalue weighted by atomic mass is 9.89. The van der Waals surface area contributed by atoms with Gasteiger partial charge in [0.2, 0.25) is 0 Å². The second kappa shape index (κ2) is 19.7. The van der Waals surface area contributed by atoms with Gasteiger partial charge in [-0.05, 0) is 89.8 Å². The molecule has 0 saturated carbocycles. The van der Waals surface area contributed by atoms with Crippen molar-refractivity contribution in [1.29, 1.82) is 0 Å². The fourth-order valence-corrected chi connectivity index (χ4v) is 6.63. The number of esters is 1. The first-order valence-corrected chi connectivity index (χ1v) is 20.7. The van der Waals surface area contributed by atoms with Crippen LogP contribution in [0.3, 0.4) is 0 Å². The van der Waals surface area contributed by atoms with Crippen LogP contribution in [0.4, 0.5) is 13.2 Å². The Morgan fingerprint density at radius 3 is 1.68 bits per heavy atom. The molecule has 2 unspecified atom stereocenters. The van der Waals surface area contributed by atoms with Gasteiger partial charge in [-0.15, -0.1) is 0 Å². The van der Waals surface area contributed by atoms with Crippen molar-refractivity contribution < 1.29 is 52.1 Å². The van der Waals surface area contributed by atoms with Gasteiger partial charge in [0.1, 0.15) is 28.4 Å². The molecular formula is C46H50ClF3N6O10. The normalized spacial score (nSPS) is 17.8. The van der Waals surface area contributed by atoms with E-state index >= 15 is 0 Å². The first-order valence-electron chi connectivity index (χ1n) is 20.4. The molecule has 4 aromatic rings. The van der Waals surface area contributed by atoms with Crippen molar-refractivity contribution in [3.8, 4) is 5.69 Å². The SMILES string of the molecule is CC(C)OC(=O)c1cc(-n2c(=O)cc(C(F)(F)F)n(C)c2=O)ccc1Cl.Cc1ccc(C(=O)O)c(C2=NC(C)(C(C)C)C(=O)N2)c1.Cc1ccc(C2=NC(C)(C(C)C)C(=O)N2)c(C(=O)O)c1. The van der Waals surface area contributed by atoms with Gasteiger partial charge in [0.05, 0.1) is 33.5 Å². The van der Waals surface area contributed by atoms with Gasteiger partial charge in [0, 0.05) is 24.2 Å². The summed E-state index contributed by atoms with van der Waals surface area (Å²) in [6, 6.07) is 14.0. The number of hydrogen-bond acceptors (Lipinski definition) is 10. The van der Waals surface area contributed by atoms with Gasteiger partial charge in [-0.1, -0.05) is 68.6 Å². The lowest BCUT2D eigenvalue weighted by molar-refractivity contribution is -0.144. The Balaban J connectivity index is 0.000000219. The highest BCUT2D eigenvalue weighted by Gasteiger charge is 2.44. The molecule has 0 aliphatic carbocycles. The molecule has 2 amide bonds. The third-order valence-corrected chi connectivity index (χ3v) is 11.4. The molecule has 66 heavy (non-hydrogen) atoms. The van der Waals surface area contributed by atoms with Crippen molar-refractivity contribution in [2.75, 3.05) is 0 Å². The summed E-state index contributed by atoms with van der Waals surface area (Å²) in [4.78, 5) is 92.2. The second-order valence-electron chi connectivity index (χ2n) is 16.8. The molecular weight excluding hydrogens is 889 g/mol. The Kier molecular flexibility index (Phi) is 15.4. The molecule has 1 aromatic heterocycles. The van der Waals surface area contributed by atoms with Crippen LogP contribution in [0.25, 0.3) is 5.69 Å². The van der Waals surface area contributed by atoms with Crippen LogP contribution in [0.5, 0.6) is 0 Å². The number of carboxylic acid groups (broad SMARTS) is 2. The summed E-state index contributed by atoms with van der Waals surface area (Å²) >= 11 is 5.94. The Morgan fingerprint density at radius 2 is 1.21 bits per heavy atom. The Labute approximate surface area is 382 Å². The number of hydrogen-bond donors (Lipinski definition) is 4. The minimum Gasteiger partial charge on any atom is -0.478 e. The number of benzene rings is 3. The average Bonchev–Trinajstić information content (AvgIpc) is 3.70. The standard InChI is InChI=1S/C16H14ClF3N2O4.2C15H18N2O3/c1-8(2)26-14(24)10-6-9(4-5-11(10)17)22-13(23)7-12(16(18,19)20)21(3)15(22)25;1-8(2)15(4)14(20)16-12(17-15)11-7-9(3)5-6-10(11)13(18)19;1-8(2)15(4)14(20)16-12(17-15)10-6-5-9(3)7-11(10)13(18)19/h4-8H,1-3H3;2*5-8H,1-4H3,(H,18,19)(H,16,17,20). The zero-order valence-electron chi connectivity index (χ0n) is 38.0. The van der Waals surface area contributed by atoms with Crippen LogP contribution in [0.1, 0.15) is 114 Å². The number of amides is 2. The molecule has 20 heteroatoms. The Morgan fingerprint density at radius 1 is 0.712 bits per heavy atom. The van der Waals surface area contributed by atoms with E-state index in [1.54, 1.807) is 52.0 Å². The van der Waals surface area contributed by atoms with E-state index in [1.165, 1.54) is 18.2 Å². The summed E-state index contributed by atoms with van der Waals surface area (Å²) < 4.78 is 44.5. The van der Waals surface area contributed by atoms with Crippen LogP contribution >= 0.6 is 11.6 Å². The number of carbonyl (C=O) groups excluding carboxylic acids is 3. The third-order valence-electron chi connectivity index (χ3n) is 11.0. The Hall–Kier alpha value is -6.89. The average molecular weight is 939 g/mol. The number of alkyl halides is 3. The molecule has 3 heterocycles. The zero-order chi connectivity index (χ0) is 50.0. The molecule has 0 saturated heterocycles. The first kappa shape index (κ1) is 51.7. The predicted molar refractivity (Wildman–Crippen MR) is 240 cm³/mol. The van der Waals surface area contributed by atoms with Gasteiger partial charge in [0.15, 0.2) is 0 Å². The Bertz CT molecular complexity index is 2810. The smallest absolute Gasteiger partial charge is 0.431 e. The maximum atomic E-state index is 12.9. The molecule has 4 N–H and O–H groups in total. The maximum Gasteiger partial charge on any atom is 0.431 e. The molecule has 16 nitrogen and oxygen atoms in total. The highest BCUT2D eigenvalue weighted by molar-refractivity contribution is 6.33. The van der Waals surface area contributed by atoms with Crippen molar-refractivity contribution >= 4 is 53.0 Å². The number of aryl methyl sites for hydroxylation is 2. The number of aromatic nitrogens is 2. The van der Waals surface area contributed by atoms with Gasteiger partial charge in [-0.3, -0.25) is 28.9 Å². The lowest BCUT2D eigenvalue weighted by Gasteiger charge is -2.21. The summed E-state index contributed by atoms with van der Waals surface area (Å²) in [7, 11) is 0.894. The van der Waals surface area contributed by atoms with E-state index in [0.717, 1.165) is 24.2 Å². The monoisotopic (exact) mass is 938 g/mol. The number of rotatable bonds is 9. The molecule has 6 rings (SSSR count). The molecule has 0 fully saturated rings. The van der Waals surface area contributed by atoms with E-state index in [0.29, 0.717) is 38.0 Å². The predicted octanol–water partition coefficient (Wildman–Crippen LogP) is 6.74. The molecule has 2 aliphatic rings. The number of aromatic carboxylic acids is 2. The number of aliphatic imine (C=N–C) groups is 2. The quantitative estimate of drug-likeness (QED) is 0.129. The maximum absolute atomic E-state index is 12.9. The molecule has 2 atom stereocenters. The van der Waals surface area contributed by atoms with Gasteiger partial charge in [-0.25, -0.2) is 23.7 Å². The fourth-order valence-electron chi connectivity index (χ4n) is 6.43. The largest absolute Gasteiger partial charge is 0.478 e. The zero-order valence-corrected chi connectivity index (χ0v) is 38.7. The van der Waals surface area contributed by atoms with Crippen molar-refractivity contribution in [3.63, 3.8) is 0 Å². The van der Waals surface area contributed by atoms with Gasteiger partial charge >= 0.3 is 29.8 Å². The van der Waals surface area contributed by atoms with Crippen LogP contribution in [-0.4, -0.2) is 77.9 Å². The van der Waals surface area contributed by atoms with E-state index in [-0.39, 0.29) is 51.1 Å². The summed E-state index contributed by atoms with van der Waals surface area (Å²) in [5.41, 5.74) is -2.75. The van der Waals surface area contributed by atoms with E-state index < -0.39 is 58.2 Å². The number of carboxylic acids is 2. The van der Waals surface area contributed by atoms with E-state index in [9.17, 15) is 56.9 Å². The lowest BCUT2D eigenvalue weighted by Crippen LogP contribution is -2.41. The first-order chi connectivity index (χ1) is 30.4. The number of amidine groups is 2. The van der Waals surface area contributed by atoms with Gasteiger partial charge < -0.3 is 25.6 Å². The van der Waals surface area contributed by atoms with Gasteiger partial charge in [0.25, 0.3) is 17.4 Å². The number of ether oxygens (including phenoxy) is 1. The molecule has 2 aliphatic heterocycles. The van der Waals surface area contributed by atoms with Crippen molar-refractivity contribution in [1.82, 2.24) is 19.8 Å². The third kappa shape index (κ3) is 11.0. The van der Waals surface area contributed by atoms with E-state index in [4.69, 9.17) is 16.3 Å². The van der Waals surface area contributed by atoms with Crippen LogP contribution in [-0.2, 0) is 27.5 Å². The number of carbonyl (C=O) groups is 5. The summed E-state index contributed by atoms with van der Waals surface area (Å²) in [5.74, 6) is -2.51. The molecule has 0 spiro atoms. The highest BCUT2D eigenvalue weighted by Crippen LogP contribution is 2.30. The number of nitrogens with one attached hydrogen (secondary N) is 2. The summed E-state index contributed by atoms with van der Waals surface area (Å²) in [6.45, 7) is 18.1. The minimum atomic E-state index is -4.86. The minimum absolute atomic E-state index is 0.0104. The van der Waals surface area contributed by atoms with Crippen molar-refractivity contribution in [3.05, 3.63) is 131 Å². The van der Waals surface area contributed by atoms with Gasteiger partial charge in [-0.2, -0.15) is 13.2 Å².